The van der Waals surface area contributed by atoms with E-state index in [1.165, 1.54) is 12.8 Å². The summed E-state index contributed by atoms with van der Waals surface area (Å²) in [7, 11) is 0. The van der Waals surface area contributed by atoms with E-state index < -0.39 is 0 Å². The molecule has 0 saturated heterocycles. The molecule has 0 aromatic carbocycles. The van der Waals surface area contributed by atoms with Gasteiger partial charge in [0.15, 0.2) is 0 Å². The maximum Gasteiger partial charge on any atom is 0.0935 e. The standard InChI is InChI=1S/C12H19FN2/c1-12(2)5-11(6-12)9-15-8-10(3-4-13)7-14-15/h7-8,11H,3-6,9H2,1-2H3. The maximum absolute atomic E-state index is 12.1. The Morgan fingerprint density at radius 2 is 2.27 bits per heavy atom. The van der Waals surface area contributed by atoms with Gasteiger partial charge in [0.2, 0.25) is 0 Å². The summed E-state index contributed by atoms with van der Waals surface area (Å²) in [6.45, 7) is 5.32. The van der Waals surface area contributed by atoms with Gasteiger partial charge in [0.25, 0.3) is 0 Å². The summed E-state index contributed by atoms with van der Waals surface area (Å²) in [5, 5.41) is 4.25. The van der Waals surface area contributed by atoms with Crippen LogP contribution in [0.15, 0.2) is 12.4 Å². The highest BCUT2D eigenvalue weighted by molar-refractivity contribution is 5.04. The van der Waals surface area contributed by atoms with Crippen molar-refractivity contribution < 1.29 is 4.39 Å². The number of aryl methyl sites for hydroxylation is 1. The largest absolute Gasteiger partial charge is 0.272 e. The Labute approximate surface area is 90.5 Å². The second-order valence-electron chi connectivity index (χ2n) is 5.45. The number of hydrogen-bond donors (Lipinski definition) is 0. The summed E-state index contributed by atoms with van der Waals surface area (Å²) in [6, 6.07) is 0. The summed E-state index contributed by atoms with van der Waals surface area (Å²) < 4.78 is 14.1. The molecule has 0 amide bonds. The molecule has 1 aliphatic carbocycles. The minimum Gasteiger partial charge on any atom is -0.272 e. The van der Waals surface area contributed by atoms with Crippen LogP contribution in [0.4, 0.5) is 4.39 Å². The molecule has 15 heavy (non-hydrogen) atoms. The van der Waals surface area contributed by atoms with Gasteiger partial charge in [0, 0.05) is 19.2 Å². The molecule has 1 aromatic heterocycles. The lowest BCUT2D eigenvalue weighted by Crippen LogP contribution is -2.34. The molecule has 3 heteroatoms. The molecule has 1 saturated carbocycles. The second kappa shape index (κ2) is 3.95. The highest BCUT2D eigenvalue weighted by atomic mass is 19.1. The van der Waals surface area contributed by atoms with Gasteiger partial charge in [-0.2, -0.15) is 5.10 Å². The smallest absolute Gasteiger partial charge is 0.0935 e. The molecule has 2 rings (SSSR count). The minimum atomic E-state index is -0.290. The van der Waals surface area contributed by atoms with Gasteiger partial charge in [-0.25, -0.2) is 0 Å². The van der Waals surface area contributed by atoms with E-state index in [4.69, 9.17) is 0 Å². The van der Waals surface area contributed by atoms with Crippen molar-refractivity contribution in [3.05, 3.63) is 18.0 Å². The van der Waals surface area contributed by atoms with Gasteiger partial charge in [0.05, 0.1) is 12.9 Å². The molecule has 0 bridgehead atoms. The molecule has 1 fully saturated rings. The van der Waals surface area contributed by atoms with Gasteiger partial charge in [-0.15, -0.1) is 0 Å². The Morgan fingerprint density at radius 1 is 1.53 bits per heavy atom. The molecule has 1 aliphatic rings. The number of hydrogen-bond acceptors (Lipinski definition) is 1. The fourth-order valence-electron chi connectivity index (χ4n) is 2.64. The highest BCUT2D eigenvalue weighted by Crippen LogP contribution is 2.45. The monoisotopic (exact) mass is 210 g/mol. The first-order valence-corrected chi connectivity index (χ1v) is 5.66. The van der Waals surface area contributed by atoms with Crippen LogP contribution in [0, 0.1) is 11.3 Å². The van der Waals surface area contributed by atoms with E-state index in [0.717, 1.165) is 18.0 Å². The first-order chi connectivity index (χ1) is 7.09. The zero-order valence-electron chi connectivity index (χ0n) is 9.54. The predicted molar refractivity (Wildman–Crippen MR) is 58.4 cm³/mol. The van der Waals surface area contributed by atoms with Crippen molar-refractivity contribution in [3.8, 4) is 0 Å². The molecule has 0 unspecified atom stereocenters. The van der Waals surface area contributed by atoms with E-state index in [0.29, 0.717) is 11.8 Å². The first-order valence-electron chi connectivity index (χ1n) is 5.66. The van der Waals surface area contributed by atoms with E-state index >= 15 is 0 Å². The predicted octanol–water partition coefficient (Wildman–Crippen LogP) is 2.83. The highest BCUT2D eigenvalue weighted by Gasteiger charge is 2.35. The fraction of sp³-hybridized carbons (Fsp3) is 0.750. The molecule has 0 N–H and O–H groups in total. The molecule has 2 nitrogen and oxygen atoms in total. The number of halogens is 1. The van der Waals surface area contributed by atoms with Crippen LogP contribution >= 0.6 is 0 Å². The number of aromatic nitrogens is 2. The topological polar surface area (TPSA) is 17.8 Å². The molecule has 0 radical (unpaired) electrons. The van der Waals surface area contributed by atoms with Crippen molar-refractivity contribution in [2.24, 2.45) is 11.3 Å². The van der Waals surface area contributed by atoms with E-state index in [1.807, 2.05) is 10.9 Å². The van der Waals surface area contributed by atoms with Crippen LogP contribution in [0.1, 0.15) is 32.3 Å². The van der Waals surface area contributed by atoms with Crippen LogP contribution in [0.5, 0.6) is 0 Å². The average Bonchev–Trinajstić information content (AvgIpc) is 2.50. The Balaban J connectivity index is 1.84. The lowest BCUT2D eigenvalue weighted by Gasteiger charge is -2.42. The van der Waals surface area contributed by atoms with Crippen LogP contribution in [-0.4, -0.2) is 16.5 Å². The van der Waals surface area contributed by atoms with Crippen LogP contribution in [0.3, 0.4) is 0 Å². The summed E-state index contributed by atoms with van der Waals surface area (Å²) in [5.41, 5.74) is 1.54. The van der Waals surface area contributed by atoms with Gasteiger partial charge in [0.1, 0.15) is 0 Å². The first kappa shape index (κ1) is 10.7. The second-order valence-corrected chi connectivity index (χ2v) is 5.45. The molecule has 0 spiro atoms. The van der Waals surface area contributed by atoms with Gasteiger partial charge in [-0.3, -0.25) is 9.07 Å². The van der Waals surface area contributed by atoms with Crippen molar-refractivity contribution in [3.63, 3.8) is 0 Å². The number of rotatable bonds is 4. The van der Waals surface area contributed by atoms with Gasteiger partial charge in [-0.05, 0) is 29.7 Å². The van der Waals surface area contributed by atoms with Crippen molar-refractivity contribution >= 4 is 0 Å². The Bertz CT molecular complexity index is 322. The van der Waals surface area contributed by atoms with Gasteiger partial charge >= 0.3 is 0 Å². The molecule has 84 valence electrons. The Morgan fingerprint density at radius 3 is 2.87 bits per heavy atom. The van der Waals surface area contributed by atoms with Gasteiger partial charge in [-0.1, -0.05) is 13.8 Å². The zero-order chi connectivity index (χ0) is 10.9. The third-order valence-corrected chi connectivity index (χ3v) is 3.20. The Hall–Kier alpha value is -0.860. The van der Waals surface area contributed by atoms with E-state index in [9.17, 15) is 4.39 Å². The molecule has 0 atom stereocenters. The summed E-state index contributed by atoms with van der Waals surface area (Å²) in [4.78, 5) is 0. The third kappa shape index (κ3) is 2.58. The fourth-order valence-corrected chi connectivity index (χ4v) is 2.64. The van der Waals surface area contributed by atoms with Crippen molar-refractivity contribution in [1.82, 2.24) is 9.78 Å². The van der Waals surface area contributed by atoms with Crippen LogP contribution < -0.4 is 0 Å². The summed E-state index contributed by atoms with van der Waals surface area (Å²) in [5.74, 6) is 0.762. The average molecular weight is 210 g/mol. The molecule has 1 heterocycles. The zero-order valence-corrected chi connectivity index (χ0v) is 9.54. The molecular weight excluding hydrogens is 191 g/mol. The van der Waals surface area contributed by atoms with E-state index in [2.05, 4.69) is 18.9 Å². The SMILES string of the molecule is CC1(C)CC(Cn2cc(CCF)cn2)C1. The quantitative estimate of drug-likeness (QED) is 0.747. The van der Waals surface area contributed by atoms with E-state index in [-0.39, 0.29) is 6.67 Å². The molecular formula is C12H19FN2. The number of nitrogens with zero attached hydrogens (tertiary/aromatic N) is 2. The summed E-state index contributed by atoms with van der Waals surface area (Å²) >= 11 is 0. The van der Waals surface area contributed by atoms with E-state index in [1.54, 1.807) is 6.20 Å². The van der Waals surface area contributed by atoms with Crippen molar-refractivity contribution in [2.75, 3.05) is 6.67 Å². The van der Waals surface area contributed by atoms with Crippen LogP contribution in [-0.2, 0) is 13.0 Å². The maximum atomic E-state index is 12.1. The number of alkyl halides is 1. The van der Waals surface area contributed by atoms with Crippen LogP contribution in [0.2, 0.25) is 0 Å². The minimum absolute atomic E-state index is 0.290. The summed E-state index contributed by atoms with van der Waals surface area (Å²) in [6.07, 6.45) is 6.82. The van der Waals surface area contributed by atoms with Crippen molar-refractivity contribution in [1.29, 1.82) is 0 Å². The Kier molecular flexibility index (Phi) is 2.81. The molecule has 0 aliphatic heterocycles. The van der Waals surface area contributed by atoms with Crippen molar-refractivity contribution in [2.45, 2.75) is 39.7 Å². The normalized spacial score (nSPS) is 20.2. The third-order valence-electron chi connectivity index (χ3n) is 3.20. The lowest BCUT2D eigenvalue weighted by atomic mass is 9.64. The van der Waals surface area contributed by atoms with Crippen LogP contribution in [0.25, 0.3) is 0 Å². The lowest BCUT2D eigenvalue weighted by molar-refractivity contribution is 0.0800. The van der Waals surface area contributed by atoms with Gasteiger partial charge < -0.3 is 0 Å². The molecule has 1 aromatic rings.